The van der Waals surface area contributed by atoms with Gasteiger partial charge in [0.25, 0.3) is 0 Å². The van der Waals surface area contributed by atoms with Gasteiger partial charge in [-0.25, -0.2) is 17.8 Å². The number of rotatable bonds is 10. The quantitative estimate of drug-likeness (QED) is 0.290. The molecule has 6 nitrogen and oxygen atoms in total. The van der Waals surface area contributed by atoms with E-state index in [1.807, 2.05) is 30.0 Å². The van der Waals surface area contributed by atoms with Gasteiger partial charge in [-0.3, -0.25) is 4.72 Å². The van der Waals surface area contributed by atoms with Crippen LogP contribution < -0.4 is 14.9 Å². The Kier molecular flexibility index (Phi) is 9.35. The second-order valence-corrected chi connectivity index (χ2v) is 12.2. The summed E-state index contributed by atoms with van der Waals surface area (Å²) < 4.78 is 79.9. The van der Waals surface area contributed by atoms with Crippen molar-refractivity contribution < 1.29 is 26.0 Å². The lowest BCUT2D eigenvalue weighted by Crippen LogP contribution is -2.36. The lowest BCUT2D eigenvalue weighted by molar-refractivity contribution is -0.141. The number of halogens is 4. The Balaban J connectivity index is 1.41. The van der Waals surface area contributed by atoms with Gasteiger partial charge in [-0.15, -0.1) is 0 Å². The molecule has 0 aliphatic carbocycles. The highest BCUT2D eigenvalue weighted by Gasteiger charge is 2.34. The maximum Gasteiger partial charge on any atom is 0.433 e. The fourth-order valence-electron chi connectivity index (χ4n) is 5.00. The molecule has 1 aliphatic rings. The van der Waals surface area contributed by atoms with Gasteiger partial charge < -0.3 is 10.2 Å². The van der Waals surface area contributed by atoms with Gasteiger partial charge in [-0.05, 0) is 60.4 Å². The highest BCUT2D eigenvalue weighted by atomic mass is 32.2. The van der Waals surface area contributed by atoms with Gasteiger partial charge in [-0.2, -0.15) is 13.2 Å². The average Bonchev–Trinajstić information content (AvgIpc) is 2.90. The zero-order chi connectivity index (χ0) is 28.9. The maximum atomic E-state index is 14.4. The molecule has 1 fully saturated rings. The van der Waals surface area contributed by atoms with Crippen LogP contribution in [0.4, 0.5) is 29.1 Å². The lowest BCUT2D eigenvalue weighted by atomic mass is 9.90. The van der Waals surface area contributed by atoms with E-state index in [0.29, 0.717) is 49.0 Å². The summed E-state index contributed by atoms with van der Waals surface area (Å²) >= 11 is 0. The van der Waals surface area contributed by atoms with Crippen molar-refractivity contribution in [2.75, 3.05) is 35.5 Å². The fraction of sp³-hybridized carbons (Fsp3) is 0.414. The monoisotopic (exact) mass is 578 g/mol. The predicted octanol–water partition coefficient (Wildman–Crippen LogP) is 5.96. The minimum absolute atomic E-state index is 0.126. The molecule has 4 rings (SSSR count). The fourth-order valence-corrected chi connectivity index (χ4v) is 5.57. The molecule has 2 heterocycles. The third kappa shape index (κ3) is 8.17. The maximum absolute atomic E-state index is 14.4. The Bertz CT molecular complexity index is 1390. The molecule has 1 aromatic heterocycles. The molecule has 1 aliphatic heterocycles. The van der Waals surface area contributed by atoms with E-state index in [4.69, 9.17) is 0 Å². The van der Waals surface area contributed by atoms with E-state index in [0.717, 1.165) is 31.6 Å². The minimum atomic E-state index is -4.54. The summed E-state index contributed by atoms with van der Waals surface area (Å²) in [4.78, 5) is 5.98. The van der Waals surface area contributed by atoms with Crippen molar-refractivity contribution in [2.45, 2.75) is 44.8 Å². The minimum Gasteiger partial charge on any atom is -0.356 e. The molecule has 3 aromatic rings. The van der Waals surface area contributed by atoms with Crippen LogP contribution in [0.15, 0.2) is 60.7 Å². The number of benzene rings is 2. The first kappa shape index (κ1) is 29.8. The number of nitrogens with zero attached hydrogens (tertiary/aromatic N) is 2. The Morgan fingerprint density at radius 3 is 2.38 bits per heavy atom. The van der Waals surface area contributed by atoms with Gasteiger partial charge in [0.15, 0.2) is 0 Å². The molecule has 0 spiro atoms. The molecule has 2 aromatic carbocycles. The molecule has 1 unspecified atom stereocenters. The SMILES string of the molecule is CC(CNCc1ccc(C(F)(F)F)nc1N1CCC(Cc2ccccc2)CC1)c1ccc(NS(C)(=O)=O)c(F)c1. The smallest absolute Gasteiger partial charge is 0.356 e. The molecule has 2 N–H and O–H groups in total. The van der Waals surface area contributed by atoms with Gasteiger partial charge >= 0.3 is 6.18 Å². The number of hydrogen-bond acceptors (Lipinski definition) is 5. The normalized spacial score (nSPS) is 15.7. The van der Waals surface area contributed by atoms with Crippen LogP contribution in [0.25, 0.3) is 0 Å². The van der Waals surface area contributed by atoms with Crippen molar-refractivity contribution in [2.24, 2.45) is 5.92 Å². The van der Waals surface area contributed by atoms with Gasteiger partial charge in [-0.1, -0.05) is 49.4 Å². The van der Waals surface area contributed by atoms with Gasteiger partial charge in [0.2, 0.25) is 10.0 Å². The average molecular weight is 579 g/mol. The van der Waals surface area contributed by atoms with Crippen molar-refractivity contribution in [3.8, 4) is 0 Å². The van der Waals surface area contributed by atoms with Crippen molar-refractivity contribution in [1.29, 1.82) is 0 Å². The lowest BCUT2D eigenvalue weighted by Gasteiger charge is -2.34. The third-order valence-electron chi connectivity index (χ3n) is 7.15. The molecule has 0 radical (unpaired) electrons. The molecular formula is C29H34F4N4O2S. The summed E-state index contributed by atoms with van der Waals surface area (Å²) in [6, 6.07) is 17.0. The Morgan fingerprint density at radius 2 is 1.75 bits per heavy atom. The number of anilines is 2. The van der Waals surface area contributed by atoms with Crippen molar-refractivity contribution in [1.82, 2.24) is 10.3 Å². The summed E-state index contributed by atoms with van der Waals surface area (Å²) in [5.74, 6) is -0.0114. The zero-order valence-electron chi connectivity index (χ0n) is 22.5. The van der Waals surface area contributed by atoms with E-state index in [1.54, 1.807) is 6.07 Å². The number of piperidine rings is 1. The highest BCUT2D eigenvalue weighted by molar-refractivity contribution is 7.92. The van der Waals surface area contributed by atoms with Gasteiger partial charge in [0.05, 0.1) is 11.9 Å². The largest absolute Gasteiger partial charge is 0.433 e. The van der Waals surface area contributed by atoms with E-state index < -0.39 is 27.7 Å². The first-order chi connectivity index (χ1) is 18.9. The van der Waals surface area contributed by atoms with Gasteiger partial charge in [0.1, 0.15) is 17.3 Å². The molecule has 11 heteroatoms. The van der Waals surface area contributed by atoms with Crippen molar-refractivity contribution in [3.63, 3.8) is 0 Å². The number of pyridine rings is 1. The topological polar surface area (TPSA) is 74.3 Å². The number of hydrogen-bond donors (Lipinski definition) is 2. The van der Waals surface area contributed by atoms with Crippen LogP contribution in [0.5, 0.6) is 0 Å². The number of aromatic nitrogens is 1. The van der Waals surface area contributed by atoms with Crippen molar-refractivity contribution >= 4 is 21.5 Å². The molecular weight excluding hydrogens is 544 g/mol. The molecule has 0 saturated carbocycles. The van der Waals surface area contributed by atoms with E-state index in [9.17, 15) is 26.0 Å². The van der Waals surface area contributed by atoms with E-state index in [2.05, 4.69) is 27.2 Å². The summed E-state index contributed by atoms with van der Waals surface area (Å²) in [6.07, 6.45) is -0.908. The highest BCUT2D eigenvalue weighted by Crippen LogP contribution is 2.33. The van der Waals surface area contributed by atoms with Crippen LogP contribution >= 0.6 is 0 Å². The summed E-state index contributed by atoms with van der Waals surface area (Å²) in [6.45, 7) is 3.86. The van der Waals surface area contributed by atoms with E-state index in [1.165, 1.54) is 23.8 Å². The standard InChI is InChI=1S/C29H34F4N4O2S/c1-20(23-8-10-26(25(30)17-23)36-40(2,38)39)18-34-19-24-9-11-27(29(31,32)33)35-28(24)37-14-12-22(13-15-37)16-21-6-4-3-5-7-21/h3-11,17,20,22,34,36H,12-16,18-19H2,1-2H3. The van der Waals surface area contributed by atoms with Crippen LogP contribution in [0.1, 0.15) is 48.1 Å². The van der Waals surface area contributed by atoms with Gasteiger partial charge in [0, 0.05) is 31.7 Å². The van der Waals surface area contributed by atoms with Crippen LogP contribution in [0.2, 0.25) is 0 Å². The molecule has 40 heavy (non-hydrogen) atoms. The molecule has 1 atom stereocenters. The first-order valence-corrected chi connectivity index (χ1v) is 15.1. The summed E-state index contributed by atoms with van der Waals surface area (Å²) in [5, 5.41) is 3.27. The molecule has 0 bridgehead atoms. The predicted molar refractivity (Wildman–Crippen MR) is 149 cm³/mol. The Hall–Kier alpha value is -3.18. The zero-order valence-corrected chi connectivity index (χ0v) is 23.3. The summed E-state index contributed by atoms with van der Waals surface area (Å²) in [7, 11) is -3.60. The van der Waals surface area contributed by atoms with Crippen LogP contribution in [0.3, 0.4) is 0 Å². The number of alkyl halides is 3. The van der Waals surface area contributed by atoms with E-state index >= 15 is 0 Å². The number of nitrogens with one attached hydrogen (secondary N) is 2. The first-order valence-electron chi connectivity index (χ1n) is 13.2. The molecule has 216 valence electrons. The molecule has 0 amide bonds. The van der Waals surface area contributed by atoms with Crippen LogP contribution in [-0.2, 0) is 29.2 Å². The second-order valence-electron chi connectivity index (χ2n) is 10.4. The number of sulfonamides is 1. The Morgan fingerprint density at radius 1 is 1.05 bits per heavy atom. The summed E-state index contributed by atoms with van der Waals surface area (Å²) in [5.41, 5.74) is 1.55. The van der Waals surface area contributed by atoms with Crippen LogP contribution in [-0.4, -0.2) is 39.3 Å². The van der Waals surface area contributed by atoms with E-state index in [-0.39, 0.29) is 11.6 Å². The van der Waals surface area contributed by atoms with Crippen molar-refractivity contribution in [3.05, 3.63) is 88.9 Å². The second kappa shape index (κ2) is 12.6. The molecule has 1 saturated heterocycles. The van der Waals surface area contributed by atoms with Crippen LogP contribution in [0, 0.1) is 11.7 Å². The third-order valence-corrected chi connectivity index (χ3v) is 7.74. The Labute approximate surface area is 232 Å².